The number of anilines is 1. The van der Waals surface area contributed by atoms with Gasteiger partial charge in [0.1, 0.15) is 18.8 Å². The molecule has 94 valence electrons. The lowest BCUT2D eigenvalue weighted by Crippen LogP contribution is -2.19. The van der Waals surface area contributed by atoms with E-state index in [9.17, 15) is 4.79 Å². The summed E-state index contributed by atoms with van der Waals surface area (Å²) >= 11 is 0. The van der Waals surface area contributed by atoms with Crippen LogP contribution in [0.2, 0.25) is 0 Å². The highest BCUT2D eigenvalue weighted by Gasteiger charge is 2.23. The van der Waals surface area contributed by atoms with Crippen LogP contribution in [-0.2, 0) is 4.74 Å². The van der Waals surface area contributed by atoms with Crippen molar-refractivity contribution in [1.82, 2.24) is 0 Å². The number of benzene rings is 1. The number of nitrogen functional groups attached to an aromatic ring is 1. The molecule has 2 N–H and O–H groups in total. The summed E-state index contributed by atoms with van der Waals surface area (Å²) in [5.41, 5.74) is 6.49. The quantitative estimate of drug-likeness (QED) is 0.598. The topological polar surface area (TPSA) is 70.8 Å². The third-order valence-corrected chi connectivity index (χ3v) is 2.12. The lowest BCUT2D eigenvalue weighted by atomic mass is 10.1. The summed E-state index contributed by atoms with van der Waals surface area (Å²) in [6.07, 6.45) is 0. The molecule has 1 aliphatic rings. The Morgan fingerprint density at radius 2 is 1.82 bits per heavy atom. The summed E-state index contributed by atoms with van der Waals surface area (Å²) in [6.45, 7) is 4.84. The first-order valence-corrected chi connectivity index (χ1v) is 5.50. The Bertz CT molecular complexity index is 404. The van der Waals surface area contributed by atoms with Crippen LogP contribution in [0.1, 0.15) is 24.2 Å². The average Bonchev–Trinajstić information content (AvgIpc) is 2.41. The minimum absolute atomic E-state index is 0.335. The molecule has 17 heavy (non-hydrogen) atoms. The first-order valence-electron chi connectivity index (χ1n) is 5.50. The Morgan fingerprint density at radius 3 is 2.41 bits per heavy atom. The minimum atomic E-state index is -0.461. The van der Waals surface area contributed by atoms with Crippen molar-refractivity contribution in [1.29, 1.82) is 0 Å². The number of esters is 1. The van der Waals surface area contributed by atoms with Crippen LogP contribution in [0.25, 0.3) is 0 Å². The van der Waals surface area contributed by atoms with E-state index in [0.29, 0.717) is 36.0 Å². The van der Waals surface area contributed by atoms with Crippen LogP contribution >= 0.6 is 0 Å². The fourth-order valence-corrected chi connectivity index (χ4v) is 1.43. The normalized spacial score (nSPS) is 12.2. The first-order chi connectivity index (χ1) is 8.24. The van der Waals surface area contributed by atoms with Crippen molar-refractivity contribution in [2.24, 2.45) is 0 Å². The zero-order valence-corrected chi connectivity index (χ0v) is 10.3. The Labute approximate surface area is 100 Å². The van der Waals surface area contributed by atoms with Gasteiger partial charge in [-0.05, 0) is 12.1 Å². The van der Waals surface area contributed by atoms with E-state index >= 15 is 0 Å². The number of nitrogens with two attached hydrogens (primary N) is 1. The van der Waals surface area contributed by atoms with Gasteiger partial charge in [0.15, 0.2) is 11.5 Å². The number of carbonyl (C=O) groups is 1. The van der Waals surface area contributed by atoms with Gasteiger partial charge in [-0.3, -0.25) is 0 Å². The van der Waals surface area contributed by atoms with E-state index in [2.05, 4.69) is 4.74 Å². The maximum atomic E-state index is 11.4. The summed E-state index contributed by atoms with van der Waals surface area (Å²) < 4.78 is 15.3. The molecular formula is C12H17NO4. The second kappa shape index (κ2) is 5.98. The van der Waals surface area contributed by atoms with E-state index in [4.69, 9.17) is 15.2 Å². The zero-order valence-electron chi connectivity index (χ0n) is 10.3. The Kier molecular flexibility index (Phi) is 4.63. The smallest absolute Gasteiger partial charge is 0.341 e. The molecule has 1 aliphatic heterocycles. The zero-order chi connectivity index (χ0) is 12.8. The molecule has 5 nitrogen and oxygen atoms in total. The molecule has 0 aliphatic carbocycles. The van der Waals surface area contributed by atoms with Crippen LogP contribution in [0.3, 0.4) is 0 Å². The van der Waals surface area contributed by atoms with Crippen molar-refractivity contribution in [3.8, 4) is 11.5 Å². The number of ether oxygens (including phenoxy) is 3. The summed E-state index contributed by atoms with van der Waals surface area (Å²) in [7, 11) is 1.31. The SMILES string of the molecule is CC.COC(=O)c1ccc(N)c2c1OCCO2. The summed E-state index contributed by atoms with van der Waals surface area (Å²) in [6, 6.07) is 3.16. The van der Waals surface area contributed by atoms with E-state index in [-0.39, 0.29) is 0 Å². The number of fused-ring (bicyclic) bond motifs is 1. The third kappa shape index (κ3) is 2.61. The molecule has 1 aromatic rings. The monoisotopic (exact) mass is 239 g/mol. The van der Waals surface area contributed by atoms with Crippen molar-refractivity contribution in [2.45, 2.75) is 13.8 Å². The molecule has 0 saturated carbocycles. The lowest BCUT2D eigenvalue weighted by molar-refractivity contribution is 0.0590. The second-order valence-corrected chi connectivity index (χ2v) is 3.05. The lowest BCUT2D eigenvalue weighted by Gasteiger charge is -2.21. The van der Waals surface area contributed by atoms with Gasteiger partial charge in [-0.2, -0.15) is 0 Å². The van der Waals surface area contributed by atoms with Gasteiger partial charge in [-0.1, -0.05) is 13.8 Å². The summed E-state index contributed by atoms with van der Waals surface area (Å²) in [5, 5.41) is 0. The molecule has 0 saturated heterocycles. The molecule has 5 heteroatoms. The maximum Gasteiger partial charge on any atom is 0.341 e. The van der Waals surface area contributed by atoms with Gasteiger partial charge in [0, 0.05) is 0 Å². The molecule has 0 amide bonds. The largest absolute Gasteiger partial charge is 0.485 e. The van der Waals surface area contributed by atoms with E-state index < -0.39 is 5.97 Å². The van der Waals surface area contributed by atoms with Crippen molar-refractivity contribution >= 4 is 11.7 Å². The highest BCUT2D eigenvalue weighted by atomic mass is 16.6. The Hall–Kier alpha value is -1.91. The van der Waals surface area contributed by atoms with Crippen LogP contribution in [0.15, 0.2) is 12.1 Å². The predicted molar refractivity (Wildman–Crippen MR) is 64.5 cm³/mol. The van der Waals surface area contributed by atoms with E-state index in [1.54, 1.807) is 12.1 Å². The summed E-state index contributed by atoms with van der Waals surface area (Å²) in [5.74, 6) is 0.328. The number of hydrogen-bond acceptors (Lipinski definition) is 5. The molecule has 0 fully saturated rings. The number of rotatable bonds is 1. The van der Waals surface area contributed by atoms with Crippen molar-refractivity contribution in [2.75, 3.05) is 26.1 Å². The van der Waals surface area contributed by atoms with Crippen LogP contribution in [-0.4, -0.2) is 26.3 Å². The molecule has 0 aromatic heterocycles. The van der Waals surface area contributed by atoms with E-state index in [1.165, 1.54) is 7.11 Å². The van der Waals surface area contributed by atoms with Crippen molar-refractivity contribution < 1.29 is 19.0 Å². The molecular weight excluding hydrogens is 222 g/mol. The fourth-order valence-electron chi connectivity index (χ4n) is 1.43. The fraction of sp³-hybridized carbons (Fsp3) is 0.417. The van der Waals surface area contributed by atoms with Gasteiger partial charge in [0.05, 0.1) is 12.8 Å². The minimum Gasteiger partial charge on any atom is -0.485 e. The molecule has 0 unspecified atom stereocenters. The Morgan fingerprint density at radius 1 is 1.24 bits per heavy atom. The molecule has 0 radical (unpaired) electrons. The highest BCUT2D eigenvalue weighted by molar-refractivity contribution is 5.94. The van der Waals surface area contributed by atoms with Gasteiger partial charge in [-0.25, -0.2) is 4.79 Å². The molecule has 0 atom stereocenters. The van der Waals surface area contributed by atoms with Gasteiger partial charge < -0.3 is 19.9 Å². The van der Waals surface area contributed by atoms with E-state index in [1.807, 2.05) is 13.8 Å². The van der Waals surface area contributed by atoms with E-state index in [0.717, 1.165) is 0 Å². The van der Waals surface area contributed by atoms with Crippen LogP contribution in [0, 0.1) is 0 Å². The van der Waals surface area contributed by atoms with Gasteiger partial charge in [-0.15, -0.1) is 0 Å². The van der Waals surface area contributed by atoms with Gasteiger partial charge >= 0.3 is 5.97 Å². The molecule has 0 bridgehead atoms. The molecule has 2 rings (SSSR count). The first kappa shape index (κ1) is 13.2. The van der Waals surface area contributed by atoms with Gasteiger partial charge in [0.2, 0.25) is 0 Å². The number of hydrogen-bond donors (Lipinski definition) is 1. The summed E-state index contributed by atoms with van der Waals surface area (Å²) in [4.78, 5) is 11.4. The molecule has 0 spiro atoms. The van der Waals surface area contributed by atoms with Gasteiger partial charge in [0.25, 0.3) is 0 Å². The highest BCUT2D eigenvalue weighted by Crippen LogP contribution is 2.39. The molecule has 1 aromatic carbocycles. The maximum absolute atomic E-state index is 11.4. The van der Waals surface area contributed by atoms with Crippen LogP contribution < -0.4 is 15.2 Å². The van der Waals surface area contributed by atoms with Crippen molar-refractivity contribution in [3.63, 3.8) is 0 Å². The standard InChI is InChI=1S/C10H11NO4.C2H6/c1-13-10(12)6-2-3-7(11)9-8(6)14-4-5-15-9;1-2/h2-3H,4-5,11H2,1H3;1-2H3. The number of carbonyl (C=O) groups excluding carboxylic acids is 1. The molecule has 1 heterocycles. The second-order valence-electron chi connectivity index (χ2n) is 3.05. The van der Waals surface area contributed by atoms with Crippen LogP contribution in [0.4, 0.5) is 5.69 Å². The number of methoxy groups -OCH3 is 1. The predicted octanol–water partition coefficient (Wildman–Crippen LogP) is 1.85. The third-order valence-electron chi connectivity index (χ3n) is 2.12. The van der Waals surface area contributed by atoms with Crippen LogP contribution in [0.5, 0.6) is 11.5 Å². The Balaban J connectivity index is 0.000000686. The average molecular weight is 239 g/mol. The van der Waals surface area contributed by atoms with Crippen molar-refractivity contribution in [3.05, 3.63) is 17.7 Å².